The van der Waals surface area contributed by atoms with Gasteiger partial charge >= 0.3 is 10.2 Å². The number of piperidine rings is 1. The van der Waals surface area contributed by atoms with Crippen LogP contribution in [0.1, 0.15) is 18.4 Å². The fraction of sp³-hybridized carbons (Fsp3) is 0.421. The molecule has 0 bridgehead atoms. The number of amides is 1. The Morgan fingerprint density at radius 1 is 1.23 bits per heavy atom. The Hall–Kier alpha value is -2.44. The summed E-state index contributed by atoms with van der Waals surface area (Å²) in [5, 5.41) is 10.8. The van der Waals surface area contributed by atoms with Crippen molar-refractivity contribution in [2.45, 2.75) is 19.3 Å². The van der Waals surface area contributed by atoms with Gasteiger partial charge in [0.15, 0.2) is 5.82 Å². The molecule has 0 atom stereocenters. The molecule has 2 aromatic carbocycles. The number of carbonyl (C=O) groups excluding carboxylic acids is 1. The van der Waals surface area contributed by atoms with Gasteiger partial charge in [0.25, 0.3) is 5.91 Å². The molecular weight excluding hydrogens is 449 g/mol. The smallest absolute Gasteiger partial charge is 0.326 e. The molecule has 1 amide bonds. The molecule has 0 aliphatic carbocycles. The monoisotopic (exact) mass is 471 g/mol. The van der Waals surface area contributed by atoms with Crippen molar-refractivity contribution in [2.75, 3.05) is 30.2 Å². The standard InChI is InChI=1S/C19H22FN3O6S2/c1-30(26,27)22-6-4-12(5-7-22)8-13-2-3-14-10-16(24)19(18(20)15(14)9-13)23-11-17(25)21-31(23,28)29/h2-3,9-10,12,24H,4-8,11H2,1H3,(H,21,25). The van der Waals surface area contributed by atoms with E-state index in [4.69, 9.17) is 0 Å². The van der Waals surface area contributed by atoms with Gasteiger partial charge in [0.1, 0.15) is 18.0 Å². The Kier molecular flexibility index (Phi) is 5.34. The molecule has 12 heteroatoms. The lowest BCUT2D eigenvalue weighted by atomic mass is 9.90. The molecule has 2 fully saturated rings. The molecule has 2 aliphatic rings. The number of phenolic OH excluding ortho intramolecular Hbond substituents is 1. The number of fused-ring (bicyclic) bond motifs is 1. The summed E-state index contributed by atoms with van der Waals surface area (Å²) in [6.45, 7) is 0.269. The molecule has 0 spiro atoms. The highest BCUT2D eigenvalue weighted by atomic mass is 32.2. The van der Waals surface area contributed by atoms with Gasteiger partial charge < -0.3 is 5.11 Å². The molecule has 0 radical (unpaired) electrons. The third-order valence-corrected chi connectivity index (χ3v) is 8.41. The van der Waals surface area contributed by atoms with Crippen LogP contribution in [-0.4, -0.2) is 58.0 Å². The Morgan fingerprint density at radius 3 is 2.48 bits per heavy atom. The highest BCUT2D eigenvalue weighted by Gasteiger charge is 2.38. The fourth-order valence-corrected chi connectivity index (χ4v) is 6.20. The maximum absolute atomic E-state index is 15.3. The zero-order valence-corrected chi connectivity index (χ0v) is 18.3. The van der Waals surface area contributed by atoms with Gasteiger partial charge in [0, 0.05) is 18.5 Å². The first-order valence-corrected chi connectivity index (χ1v) is 13.0. The summed E-state index contributed by atoms with van der Waals surface area (Å²) in [6, 6.07) is 6.32. The summed E-state index contributed by atoms with van der Waals surface area (Å²) in [6.07, 6.45) is 3.18. The number of nitrogens with one attached hydrogen (secondary N) is 1. The van der Waals surface area contributed by atoms with E-state index in [-0.39, 0.29) is 11.3 Å². The van der Waals surface area contributed by atoms with Crippen molar-refractivity contribution >= 4 is 42.6 Å². The van der Waals surface area contributed by atoms with Crippen LogP contribution >= 0.6 is 0 Å². The van der Waals surface area contributed by atoms with Crippen molar-refractivity contribution < 1.29 is 31.1 Å². The molecule has 0 unspecified atom stereocenters. The summed E-state index contributed by atoms with van der Waals surface area (Å²) < 4.78 is 66.6. The number of sulfonamides is 1. The van der Waals surface area contributed by atoms with Crippen molar-refractivity contribution in [2.24, 2.45) is 5.92 Å². The molecule has 4 rings (SSSR count). The van der Waals surface area contributed by atoms with Crippen molar-refractivity contribution in [3.63, 3.8) is 0 Å². The number of phenols is 1. The third kappa shape index (κ3) is 4.19. The molecule has 0 saturated carbocycles. The largest absolute Gasteiger partial charge is 0.506 e. The number of anilines is 1. The maximum Gasteiger partial charge on any atom is 0.326 e. The van der Waals surface area contributed by atoms with Crippen LogP contribution in [0.2, 0.25) is 0 Å². The van der Waals surface area contributed by atoms with Crippen LogP contribution in [0.5, 0.6) is 5.75 Å². The van der Waals surface area contributed by atoms with Gasteiger partial charge in [-0.1, -0.05) is 12.1 Å². The second-order valence-electron chi connectivity index (χ2n) is 7.96. The van der Waals surface area contributed by atoms with E-state index in [1.807, 2.05) is 6.07 Å². The van der Waals surface area contributed by atoms with Crippen LogP contribution in [-0.2, 0) is 31.4 Å². The minimum atomic E-state index is -4.27. The number of hydrogen-bond donors (Lipinski definition) is 2. The first-order chi connectivity index (χ1) is 14.5. The molecule has 31 heavy (non-hydrogen) atoms. The average molecular weight is 472 g/mol. The summed E-state index contributed by atoms with van der Waals surface area (Å²) in [7, 11) is -7.48. The van der Waals surface area contributed by atoms with Gasteiger partial charge in [-0.15, -0.1) is 0 Å². The molecule has 0 aromatic heterocycles. The highest BCUT2D eigenvalue weighted by Crippen LogP contribution is 2.39. The Morgan fingerprint density at radius 2 is 1.90 bits per heavy atom. The van der Waals surface area contributed by atoms with Gasteiger partial charge in [-0.3, -0.25) is 4.79 Å². The van der Waals surface area contributed by atoms with E-state index >= 15 is 4.39 Å². The minimum Gasteiger partial charge on any atom is -0.506 e. The topological polar surface area (TPSA) is 124 Å². The van der Waals surface area contributed by atoms with Gasteiger partial charge in [0.2, 0.25) is 10.0 Å². The second kappa shape index (κ2) is 7.61. The predicted molar refractivity (Wildman–Crippen MR) is 113 cm³/mol. The molecule has 9 nitrogen and oxygen atoms in total. The summed E-state index contributed by atoms with van der Waals surface area (Å²) in [4.78, 5) is 11.5. The van der Waals surface area contributed by atoms with E-state index in [0.29, 0.717) is 42.0 Å². The summed E-state index contributed by atoms with van der Waals surface area (Å²) in [5.41, 5.74) is 0.254. The molecule has 2 heterocycles. The first kappa shape index (κ1) is 21.8. The highest BCUT2D eigenvalue weighted by molar-refractivity contribution is 7.92. The van der Waals surface area contributed by atoms with Gasteiger partial charge in [0.05, 0.1) is 6.26 Å². The minimum absolute atomic E-state index is 0.133. The Bertz CT molecular complexity index is 1270. The van der Waals surface area contributed by atoms with Crippen LogP contribution in [0, 0.1) is 11.7 Å². The molecular formula is C19H22FN3O6S2. The van der Waals surface area contributed by atoms with Crippen molar-refractivity contribution in [3.8, 4) is 5.75 Å². The van der Waals surface area contributed by atoms with Crippen molar-refractivity contribution in [1.82, 2.24) is 9.03 Å². The summed E-state index contributed by atoms with van der Waals surface area (Å²) in [5.74, 6) is -2.08. The van der Waals surface area contributed by atoms with Crippen molar-refractivity contribution in [3.05, 3.63) is 35.6 Å². The lowest BCUT2D eigenvalue weighted by molar-refractivity contribution is -0.117. The van der Waals surface area contributed by atoms with Gasteiger partial charge in [-0.25, -0.2) is 26.1 Å². The number of hydrogen-bond acceptors (Lipinski definition) is 6. The van der Waals surface area contributed by atoms with E-state index in [0.717, 1.165) is 5.56 Å². The predicted octanol–water partition coefficient (Wildman–Crippen LogP) is 1.08. The number of nitrogens with zero attached hydrogens (tertiary/aromatic N) is 2. The maximum atomic E-state index is 15.3. The normalized spacial score (nSPS) is 20.3. The lowest BCUT2D eigenvalue weighted by Gasteiger charge is -2.30. The number of aromatic hydroxyl groups is 1. The van der Waals surface area contributed by atoms with Gasteiger partial charge in [-0.2, -0.15) is 8.42 Å². The van der Waals surface area contributed by atoms with Crippen LogP contribution in [0.25, 0.3) is 10.8 Å². The number of carbonyl (C=O) groups is 1. The number of halogens is 1. The molecule has 2 saturated heterocycles. The average Bonchev–Trinajstić information content (AvgIpc) is 2.94. The quantitative estimate of drug-likeness (QED) is 0.688. The fourth-order valence-electron chi connectivity index (χ4n) is 4.16. The van der Waals surface area contributed by atoms with Gasteiger partial charge in [-0.05, 0) is 48.3 Å². The zero-order chi connectivity index (χ0) is 22.6. The van der Waals surface area contributed by atoms with Crippen LogP contribution in [0.4, 0.5) is 10.1 Å². The lowest BCUT2D eigenvalue weighted by Crippen LogP contribution is -2.38. The third-order valence-electron chi connectivity index (χ3n) is 5.73. The molecule has 2 aromatic rings. The Balaban J connectivity index is 1.63. The zero-order valence-electron chi connectivity index (χ0n) is 16.7. The van der Waals surface area contributed by atoms with Crippen LogP contribution < -0.4 is 9.03 Å². The van der Waals surface area contributed by atoms with Crippen LogP contribution in [0.15, 0.2) is 24.3 Å². The van der Waals surface area contributed by atoms with Crippen LogP contribution in [0.3, 0.4) is 0 Å². The van der Waals surface area contributed by atoms with E-state index in [2.05, 4.69) is 0 Å². The second-order valence-corrected chi connectivity index (χ2v) is 11.5. The van der Waals surface area contributed by atoms with E-state index in [9.17, 15) is 26.7 Å². The number of rotatable bonds is 4. The van der Waals surface area contributed by atoms with E-state index in [1.165, 1.54) is 16.6 Å². The number of benzene rings is 2. The van der Waals surface area contributed by atoms with Crippen molar-refractivity contribution in [1.29, 1.82) is 0 Å². The Labute approximate surface area is 179 Å². The molecule has 168 valence electrons. The summed E-state index contributed by atoms with van der Waals surface area (Å²) >= 11 is 0. The van der Waals surface area contributed by atoms with E-state index in [1.54, 1.807) is 16.9 Å². The molecule has 2 aliphatic heterocycles. The SMILES string of the molecule is CS(=O)(=O)N1CCC(Cc2ccc3cc(O)c(N4CC(=O)NS4(=O)=O)c(F)c3c2)CC1. The first-order valence-electron chi connectivity index (χ1n) is 9.68. The molecule has 2 N–H and O–H groups in total. The van der Waals surface area contributed by atoms with E-state index < -0.39 is 49.9 Å².